The summed E-state index contributed by atoms with van der Waals surface area (Å²) in [5.41, 5.74) is 1.27. The van der Waals surface area contributed by atoms with E-state index in [9.17, 15) is 5.11 Å². The zero-order valence-corrected chi connectivity index (χ0v) is 10.8. The van der Waals surface area contributed by atoms with E-state index in [2.05, 4.69) is 30.6 Å². The van der Waals surface area contributed by atoms with Gasteiger partial charge in [-0.15, -0.1) is 0 Å². The van der Waals surface area contributed by atoms with Crippen LogP contribution in [-0.4, -0.2) is 29.8 Å². The lowest BCUT2D eigenvalue weighted by atomic mass is 10.1. The van der Waals surface area contributed by atoms with Gasteiger partial charge in [0, 0.05) is 12.1 Å². The molecule has 2 unspecified atom stereocenters. The first-order valence-electron chi connectivity index (χ1n) is 5.68. The molecule has 1 aromatic carbocycles. The number of rotatable bonds is 7. The summed E-state index contributed by atoms with van der Waals surface area (Å²) in [7, 11) is 0. The van der Waals surface area contributed by atoms with Crippen LogP contribution in [0.5, 0.6) is 0 Å². The van der Waals surface area contributed by atoms with Gasteiger partial charge in [-0.25, -0.2) is 0 Å². The van der Waals surface area contributed by atoms with E-state index in [1.165, 1.54) is 5.56 Å². The zero-order chi connectivity index (χ0) is 11.8. The quantitative estimate of drug-likeness (QED) is 0.766. The molecule has 0 aliphatic rings. The Bertz CT molecular complexity index is 279. The fourth-order valence-electron chi connectivity index (χ4n) is 1.68. The molecule has 0 saturated carbocycles. The van der Waals surface area contributed by atoms with Crippen LogP contribution in [0.15, 0.2) is 30.3 Å². The van der Waals surface area contributed by atoms with E-state index in [0.717, 1.165) is 12.2 Å². The SMILES string of the molecule is CSCCC(CO)NC(C)c1ccccc1. The molecule has 2 atom stereocenters. The second kappa shape index (κ2) is 7.71. The Kier molecular flexibility index (Phi) is 6.53. The number of aliphatic hydroxyl groups excluding tert-OH is 1. The lowest BCUT2D eigenvalue weighted by Gasteiger charge is -2.21. The maximum atomic E-state index is 9.28. The van der Waals surface area contributed by atoms with Crippen molar-refractivity contribution >= 4 is 11.8 Å². The highest BCUT2D eigenvalue weighted by atomic mass is 32.2. The van der Waals surface area contributed by atoms with Crippen molar-refractivity contribution in [3.8, 4) is 0 Å². The Morgan fingerprint density at radius 2 is 2.00 bits per heavy atom. The minimum Gasteiger partial charge on any atom is -0.395 e. The molecule has 0 aromatic heterocycles. The molecule has 0 bridgehead atoms. The van der Waals surface area contributed by atoms with Crippen LogP contribution >= 0.6 is 11.8 Å². The fourth-order valence-corrected chi connectivity index (χ4v) is 2.20. The molecule has 0 radical (unpaired) electrons. The zero-order valence-electron chi connectivity index (χ0n) is 10.0. The first kappa shape index (κ1) is 13.6. The van der Waals surface area contributed by atoms with Gasteiger partial charge in [0.15, 0.2) is 0 Å². The molecule has 3 heteroatoms. The Morgan fingerprint density at radius 3 is 2.56 bits per heavy atom. The molecule has 1 rings (SSSR count). The Labute approximate surface area is 102 Å². The third-order valence-corrected chi connectivity index (χ3v) is 3.32. The van der Waals surface area contributed by atoms with Gasteiger partial charge in [-0.1, -0.05) is 30.3 Å². The van der Waals surface area contributed by atoms with Crippen LogP contribution in [0.4, 0.5) is 0 Å². The summed E-state index contributed by atoms with van der Waals surface area (Å²) in [6.07, 6.45) is 3.10. The average molecular weight is 239 g/mol. The number of aliphatic hydroxyl groups is 1. The lowest BCUT2D eigenvalue weighted by Crippen LogP contribution is -2.35. The van der Waals surface area contributed by atoms with Crippen molar-refractivity contribution < 1.29 is 5.11 Å². The smallest absolute Gasteiger partial charge is 0.0585 e. The number of thioether (sulfide) groups is 1. The molecule has 0 spiro atoms. The minimum atomic E-state index is 0.197. The first-order valence-corrected chi connectivity index (χ1v) is 7.08. The Balaban J connectivity index is 2.45. The molecule has 1 aromatic rings. The molecule has 0 amide bonds. The summed E-state index contributed by atoms with van der Waals surface area (Å²) in [5.74, 6) is 1.08. The average Bonchev–Trinajstić information content (AvgIpc) is 2.35. The van der Waals surface area contributed by atoms with Gasteiger partial charge < -0.3 is 10.4 Å². The Morgan fingerprint density at radius 1 is 1.31 bits per heavy atom. The highest BCUT2D eigenvalue weighted by molar-refractivity contribution is 7.98. The van der Waals surface area contributed by atoms with E-state index in [0.29, 0.717) is 6.04 Å². The summed E-state index contributed by atoms with van der Waals surface area (Å²) >= 11 is 1.82. The van der Waals surface area contributed by atoms with Crippen molar-refractivity contribution in [2.45, 2.75) is 25.4 Å². The molecule has 2 nitrogen and oxygen atoms in total. The van der Waals surface area contributed by atoms with Crippen LogP contribution in [0.2, 0.25) is 0 Å². The van der Waals surface area contributed by atoms with Gasteiger partial charge in [0.05, 0.1) is 6.61 Å². The van der Waals surface area contributed by atoms with Crippen LogP contribution in [0.3, 0.4) is 0 Å². The molecule has 0 aliphatic heterocycles. The number of nitrogens with one attached hydrogen (secondary N) is 1. The van der Waals surface area contributed by atoms with Crippen molar-refractivity contribution in [3.05, 3.63) is 35.9 Å². The molecule has 2 N–H and O–H groups in total. The summed E-state index contributed by atoms with van der Waals surface area (Å²) in [6, 6.07) is 10.8. The fraction of sp³-hybridized carbons (Fsp3) is 0.538. The van der Waals surface area contributed by atoms with E-state index >= 15 is 0 Å². The van der Waals surface area contributed by atoms with Crippen molar-refractivity contribution in [1.29, 1.82) is 0 Å². The van der Waals surface area contributed by atoms with E-state index in [4.69, 9.17) is 0 Å². The second-order valence-corrected chi connectivity index (χ2v) is 4.95. The Hall–Kier alpha value is -0.510. The van der Waals surface area contributed by atoms with Gasteiger partial charge in [0.25, 0.3) is 0 Å². The van der Waals surface area contributed by atoms with Crippen molar-refractivity contribution in [2.24, 2.45) is 0 Å². The van der Waals surface area contributed by atoms with E-state index in [-0.39, 0.29) is 12.6 Å². The number of hydrogen-bond acceptors (Lipinski definition) is 3. The highest BCUT2D eigenvalue weighted by Crippen LogP contribution is 2.13. The van der Waals surface area contributed by atoms with Gasteiger partial charge >= 0.3 is 0 Å². The van der Waals surface area contributed by atoms with E-state index in [1.807, 2.05) is 30.0 Å². The largest absolute Gasteiger partial charge is 0.395 e. The first-order chi connectivity index (χ1) is 7.77. The van der Waals surface area contributed by atoms with Crippen molar-refractivity contribution in [3.63, 3.8) is 0 Å². The predicted molar refractivity (Wildman–Crippen MR) is 71.9 cm³/mol. The number of hydrogen-bond donors (Lipinski definition) is 2. The molecule has 0 heterocycles. The summed E-state index contributed by atoms with van der Waals surface area (Å²) in [4.78, 5) is 0. The normalized spacial score (nSPS) is 14.7. The van der Waals surface area contributed by atoms with Crippen LogP contribution in [0.1, 0.15) is 24.9 Å². The highest BCUT2D eigenvalue weighted by Gasteiger charge is 2.11. The molecule has 16 heavy (non-hydrogen) atoms. The topological polar surface area (TPSA) is 32.3 Å². The second-order valence-electron chi connectivity index (χ2n) is 3.96. The van der Waals surface area contributed by atoms with E-state index in [1.54, 1.807) is 0 Å². The third kappa shape index (κ3) is 4.56. The van der Waals surface area contributed by atoms with Crippen LogP contribution in [0.25, 0.3) is 0 Å². The molecular formula is C13H21NOS. The lowest BCUT2D eigenvalue weighted by molar-refractivity contribution is 0.231. The molecule has 0 aliphatic carbocycles. The number of benzene rings is 1. The third-order valence-electron chi connectivity index (χ3n) is 2.68. The van der Waals surface area contributed by atoms with Crippen molar-refractivity contribution in [1.82, 2.24) is 5.32 Å². The molecule has 90 valence electrons. The van der Waals surface area contributed by atoms with Crippen LogP contribution in [-0.2, 0) is 0 Å². The molecule has 0 fully saturated rings. The predicted octanol–water partition coefficient (Wildman–Crippen LogP) is 2.45. The standard InChI is InChI=1S/C13H21NOS/c1-11(12-6-4-3-5-7-12)14-13(10-15)8-9-16-2/h3-7,11,13-15H,8-10H2,1-2H3. The molecular weight excluding hydrogens is 218 g/mol. The van der Waals surface area contributed by atoms with Gasteiger partial charge in [0.1, 0.15) is 0 Å². The van der Waals surface area contributed by atoms with Crippen molar-refractivity contribution in [2.75, 3.05) is 18.6 Å². The van der Waals surface area contributed by atoms with Crippen LogP contribution < -0.4 is 5.32 Å². The summed E-state index contributed by atoms with van der Waals surface area (Å²) in [6.45, 7) is 2.34. The maximum Gasteiger partial charge on any atom is 0.0585 e. The van der Waals surface area contributed by atoms with Gasteiger partial charge in [-0.05, 0) is 30.9 Å². The van der Waals surface area contributed by atoms with Crippen LogP contribution in [0, 0.1) is 0 Å². The maximum absolute atomic E-state index is 9.28. The summed E-state index contributed by atoms with van der Waals surface area (Å²) in [5, 5.41) is 12.7. The van der Waals surface area contributed by atoms with E-state index < -0.39 is 0 Å². The van der Waals surface area contributed by atoms with Gasteiger partial charge in [0.2, 0.25) is 0 Å². The van der Waals surface area contributed by atoms with Gasteiger partial charge in [-0.2, -0.15) is 11.8 Å². The summed E-state index contributed by atoms with van der Waals surface area (Å²) < 4.78 is 0. The molecule has 0 saturated heterocycles. The monoisotopic (exact) mass is 239 g/mol. The minimum absolute atomic E-state index is 0.197. The van der Waals surface area contributed by atoms with Gasteiger partial charge in [-0.3, -0.25) is 0 Å².